The van der Waals surface area contributed by atoms with Gasteiger partial charge < -0.3 is 16.0 Å². The Morgan fingerprint density at radius 1 is 1.22 bits per heavy atom. The topological polar surface area (TPSA) is 113 Å². The highest BCUT2D eigenvalue weighted by atomic mass is 35.5. The van der Waals surface area contributed by atoms with Gasteiger partial charge in [-0.25, -0.2) is 4.79 Å². The normalized spacial score (nSPS) is 16.4. The van der Waals surface area contributed by atoms with E-state index in [4.69, 9.17) is 11.6 Å². The number of non-ortho nitro benzene ring substituents is 1. The van der Waals surface area contributed by atoms with Crippen LogP contribution in [0.1, 0.15) is 18.5 Å². The van der Waals surface area contributed by atoms with Crippen molar-refractivity contribution in [1.29, 1.82) is 0 Å². The summed E-state index contributed by atoms with van der Waals surface area (Å²) in [5.41, 5.74) is 1.38. The van der Waals surface area contributed by atoms with E-state index in [-0.39, 0.29) is 11.3 Å². The predicted molar refractivity (Wildman–Crippen MR) is 100 cm³/mol. The molecule has 1 aliphatic heterocycles. The van der Waals surface area contributed by atoms with Crippen LogP contribution in [-0.4, -0.2) is 16.9 Å². The van der Waals surface area contributed by atoms with Crippen LogP contribution in [0, 0.1) is 10.1 Å². The quantitative estimate of drug-likeness (QED) is 0.551. The minimum absolute atomic E-state index is 0.132. The number of amides is 3. The van der Waals surface area contributed by atoms with Crippen molar-refractivity contribution in [1.82, 2.24) is 10.6 Å². The van der Waals surface area contributed by atoms with Gasteiger partial charge >= 0.3 is 6.03 Å². The lowest BCUT2D eigenvalue weighted by molar-refractivity contribution is -0.384. The second-order valence-electron chi connectivity index (χ2n) is 5.89. The van der Waals surface area contributed by atoms with Crippen molar-refractivity contribution < 1.29 is 14.5 Å². The van der Waals surface area contributed by atoms with Crippen molar-refractivity contribution in [3.63, 3.8) is 0 Å². The van der Waals surface area contributed by atoms with E-state index in [1.54, 1.807) is 37.3 Å². The van der Waals surface area contributed by atoms with Gasteiger partial charge in [-0.1, -0.05) is 29.8 Å². The molecule has 0 saturated carbocycles. The summed E-state index contributed by atoms with van der Waals surface area (Å²) in [5, 5.41) is 19.4. The van der Waals surface area contributed by atoms with Crippen LogP contribution in [0.15, 0.2) is 59.8 Å². The van der Waals surface area contributed by atoms with Crippen molar-refractivity contribution in [3.05, 3.63) is 80.5 Å². The highest BCUT2D eigenvalue weighted by molar-refractivity contribution is 6.31. The number of urea groups is 1. The highest BCUT2D eigenvalue weighted by Gasteiger charge is 2.32. The number of nitro benzene ring substituents is 1. The third-order valence-electron chi connectivity index (χ3n) is 4.01. The van der Waals surface area contributed by atoms with E-state index in [2.05, 4.69) is 16.0 Å². The molecule has 1 aliphatic rings. The third kappa shape index (κ3) is 4.06. The molecule has 0 saturated heterocycles. The van der Waals surface area contributed by atoms with Gasteiger partial charge in [-0.2, -0.15) is 0 Å². The summed E-state index contributed by atoms with van der Waals surface area (Å²) in [6.07, 6.45) is 0. The molecule has 1 heterocycles. The zero-order valence-corrected chi connectivity index (χ0v) is 14.9. The Kier molecular flexibility index (Phi) is 5.09. The van der Waals surface area contributed by atoms with Crippen LogP contribution in [0.3, 0.4) is 0 Å². The number of carbonyl (C=O) groups excluding carboxylic acids is 2. The van der Waals surface area contributed by atoms with Gasteiger partial charge in [0, 0.05) is 28.5 Å². The standard InChI is InChI=1S/C18H15ClN4O4/c1-10-15(17(24)21-13-6-3-5-12(19)9-13)16(22-18(25)20-10)11-4-2-7-14(8-11)23(26)27/h2-9,16H,1H3,(H,21,24)(H2,20,22,25)/t16-/m1/s1. The molecule has 8 nitrogen and oxygen atoms in total. The van der Waals surface area contributed by atoms with Gasteiger partial charge in [0.1, 0.15) is 0 Å². The molecule has 3 N–H and O–H groups in total. The minimum Gasteiger partial charge on any atom is -0.327 e. The summed E-state index contributed by atoms with van der Waals surface area (Å²) in [6.45, 7) is 1.59. The fourth-order valence-corrected chi connectivity index (χ4v) is 3.02. The number of nitrogens with one attached hydrogen (secondary N) is 3. The smallest absolute Gasteiger partial charge is 0.319 e. The number of anilines is 1. The number of hydrogen-bond donors (Lipinski definition) is 3. The number of nitro groups is 1. The number of carbonyl (C=O) groups is 2. The molecule has 2 aromatic carbocycles. The van der Waals surface area contributed by atoms with Crippen molar-refractivity contribution in [2.24, 2.45) is 0 Å². The molecular weight excluding hydrogens is 372 g/mol. The second-order valence-corrected chi connectivity index (χ2v) is 6.32. The summed E-state index contributed by atoms with van der Waals surface area (Å²) < 4.78 is 0. The fourth-order valence-electron chi connectivity index (χ4n) is 2.83. The first-order chi connectivity index (χ1) is 12.8. The van der Waals surface area contributed by atoms with Crippen LogP contribution in [0.2, 0.25) is 5.02 Å². The van der Waals surface area contributed by atoms with Crippen molar-refractivity contribution >= 4 is 34.9 Å². The van der Waals surface area contributed by atoms with E-state index in [9.17, 15) is 19.7 Å². The van der Waals surface area contributed by atoms with Gasteiger partial charge in [0.25, 0.3) is 11.6 Å². The first-order valence-corrected chi connectivity index (χ1v) is 8.32. The first kappa shape index (κ1) is 18.4. The largest absolute Gasteiger partial charge is 0.327 e. The summed E-state index contributed by atoms with van der Waals surface area (Å²) in [4.78, 5) is 35.3. The predicted octanol–water partition coefficient (Wildman–Crippen LogP) is 3.51. The molecular formula is C18H15ClN4O4. The molecule has 1 atom stereocenters. The number of hydrogen-bond acceptors (Lipinski definition) is 4. The number of allylic oxidation sites excluding steroid dienone is 1. The van der Waals surface area contributed by atoms with E-state index >= 15 is 0 Å². The number of halogens is 1. The third-order valence-corrected chi connectivity index (χ3v) is 4.25. The van der Waals surface area contributed by atoms with Crippen LogP contribution in [-0.2, 0) is 4.79 Å². The van der Waals surface area contributed by atoms with E-state index < -0.39 is 22.9 Å². The molecule has 0 bridgehead atoms. The van der Waals surface area contributed by atoms with Crippen molar-refractivity contribution in [2.75, 3.05) is 5.32 Å². The number of nitrogens with zero attached hydrogens (tertiary/aromatic N) is 1. The first-order valence-electron chi connectivity index (χ1n) is 7.94. The molecule has 0 aliphatic carbocycles. The molecule has 0 radical (unpaired) electrons. The molecule has 0 aromatic heterocycles. The van der Waals surface area contributed by atoms with Crippen molar-refractivity contribution in [3.8, 4) is 0 Å². The van der Waals surface area contributed by atoms with Crippen LogP contribution >= 0.6 is 11.6 Å². The maximum absolute atomic E-state index is 12.9. The Balaban J connectivity index is 1.98. The molecule has 138 valence electrons. The molecule has 27 heavy (non-hydrogen) atoms. The Bertz CT molecular complexity index is 973. The Labute approximate surface area is 159 Å². The van der Waals surface area contributed by atoms with E-state index in [1.807, 2.05) is 0 Å². The van der Waals surface area contributed by atoms with Crippen LogP contribution < -0.4 is 16.0 Å². The van der Waals surface area contributed by atoms with Gasteiger partial charge in [-0.15, -0.1) is 0 Å². The highest BCUT2D eigenvalue weighted by Crippen LogP contribution is 2.30. The Morgan fingerprint density at radius 2 is 1.96 bits per heavy atom. The lowest BCUT2D eigenvalue weighted by Gasteiger charge is -2.28. The summed E-state index contributed by atoms with van der Waals surface area (Å²) in [5.74, 6) is -0.459. The van der Waals surface area contributed by atoms with Crippen molar-refractivity contribution in [2.45, 2.75) is 13.0 Å². The van der Waals surface area contributed by atoms with Gasteiger partial charge in [0.05, 0.1) is 16.5 Å². The van der Waals surface area contributed by atoms with Gasteiger partial charge in [-0.05, 0) is 30.7 Å². The van der Waals surface area contributed by atoms with Crippen LogP contribution in [0.5, 0.6) is 0 Å². The maximum Gasteiger partial charge on any atom is 0.319 e. The monoisotopic (exact) mass is 386 g/mol. The van der Waals surface area contributed by atoms with Gasteiger partial charge in [-0.3, -0.25) is 14.9 Å². The molecule has 0 unspecified atom stereocenters. The van der Waals surface area contributed by atoms with E-state index in [0.717, 1.165) is 0 Å². The number of rotatable bonds is 4. The van der Waals surface area contributed by atoms with Gasteiger partial charge in [0.15, 0.2) is 0 Å². The molecule has 3 amide bonds. The fraction of sp³-hybridized carbons (Fsp3) is 0.111. The average molecular weight is 387 g/mol. The zero-order chi connectivity index (χ0) is 19.6. The Morgan fingerprint density at radius 3 is 2.67 bits per heavy atom. The average Bonchev–Trinajstić information content (AvgIpc) is 2.61. The summed E-state index contributed by atoms with van der Waals surface area (Å²) in [7, 11) is 0. The zero-order valence-electron chi connectivity index (χ0n) is 14.2. The maximum atomic E-state index is 12.9. The lowest BCUT2D eigenvalue weighted by Crippen LogP contribution is -2.46. The minimum atomic E-state index is -0.835. The molecule has 9 heteroatoms. The lowest BCUT2D eigenvalue weighted by atomic mass is 9.94. The Hall–Kier alpha value is -3.39. The summed E-state index contributed by atoms with van der Waals surface area (Å²) in [6, 6.07) is 11.1. The van der Waals surface area contributed by atoms with E-state index in [1.165, 1.54) is 18.2 Å². The number of benzene rings is 2. The molecule has 2 aromatic rings. The molecule has 0 spiro atoms. The molecule has 3 rings (SSSR count). The second kappa shape index (κ2) is 7.46. The van der Waals surface area contributed by atoms with Crippen LogP contribution in [0.4, 0.5) is 16.2 Å². The van der Waals surface area contributed by atoms with Crippen LogP contribution in [0.25, 0.3) is 0 Å². The van der Waals surface area contributed by atoms with E-state index in [0.29, 0.717) is 22.0 Å². The summed E-state index contributed by atoms with van der Waals surface area (Å²) >= 11 is 5.94. The molecule has 0 fully saturated rings. The SMILES string of the molecule is CC1=C(C(=O)Nc2cccc(Cl)c2)[C@@H](c2cccc([N+](=O)[O-])c2)NC(=O)N1. The van der Waals surface area contributed by atoms with Gasteiger partial charge in [0.2, 0.25) is 0 Å².